The first-order valence-corrected chi connectivity index (χ1v) is 5.71. The van der Waals surface area contributed by atoms with Gasteiger partial charge in [0.25, 0.3) is 0 Å². The molecular formula is C11H12O2S. The van der Waals surface area contributed by atoms with Crippen LogP contribution in [0.4, 0.5) is 0 Å². The Morgan fingerprint density at radius 1 is 1.29 bits per heavy atom. The lowest BCUT2D eigenvalue weighted by Gasteiger charge is -1.97. The number of sulfone groups is 1. The second-order valence-electron chi connectivity index (χ2n) is 3.01. The van der Waals surface area contributed by atoms with E-state index < -0.39 is 9.84 Å². The molecule has 2 nitrogen and oxygen atoms in total. The van der Waals surface area contributed by atoms with E-state index in [0.717, 1.165) is 0 Å². The molecule has 0 bridgehead atoms. The summed E-state index contributed by atoms with van der Waals surface area (Å²) in [5, 5.41) is 1.17. The highest BCUT2D eigenvalue weighted by Crippen LogP contribution is 2.11. The maximum atomic E-state index is 11.6. The second kappa shape index (κ2) is 4.24. The minimum Gasteiger partial charge on any atom is -0.219 e. The fourth-order valence-corrected chi connectivity index (χ4v) is 2.00. The molecule has 0 radical (unpaired) electrons. The average Bonchev–Trinajstić information content (AvgIpc) is 2.16. The molecule has 0 fully saturated rings. The standard InChI is InChI=1S/C11H12O2S/c1-10(2)8-9-14(12,13)11-6-4-3-5-7-11/h3-9H,1H2,2H3/b9-8+. The third-order valence-corrected chi connectivity index (χ3v) is 3.03. The van der Waals surface area contributed by atoms with Crippen molar-refractivity contribution < 1.29 is 8.42 Å². The van der Waals surface area contributed by atoms with Crippen LogP contribution in [0.3, 0.4) is 0 Å². The zero-order valence-corrected chi connectivity index (χ0v) is 8.79. The predicted octanol–water partition coefficient (Wildman–Crippen LogP) is 2.55. The van der Waals surface area contributed by atoms with E-state index in [1.54, 1.807) is 37.3 Å². The molecule has 74 valence electrons. The van der Waals surface area contributed by atoms with E-state index in [9.17, 15) is 8.42 Å². The minimum absolute atomic E-state index is 0.303. The quantitative estimate of drug-likeness (QED) is 0.715. The van der Waals surface area contributed by atoms with Gasteiger partial charge in [-0.2, -0.15) is 0 Å². The Kier molecular flexibility index (Phi) is 3.25. The molecule has 0 aliphatic carbocycles. The van der Waals surface area contributed by atoms with Crippen LogP contribution in [0, 0.1) is 0 Å². The predicted molar refractivity (Wildman–Crippen MR) is 57.6 cm³/mol. The highest BCUT2D eigenvalue weighted by Gasteiger charge is 2.07. The molecule has 3 heteroatoms. The van der Waals surface area contributed by atoms with Crippen LogP contribution < -0.4 is 0 Å². The van der Waals surface area contributed by atoms with Crippen LogP contribution in [0.15, 0.2) is 58.9 Å². The van der Waals surface area contributed by atoms with Crippen molar-refractivity contribution in [2.45, 2.75) is 11.8 Å². The normalized spacial score (nSPS) is 11.8. The van der Waals surface area contributed by atoms with Crippen molar-refractivity contribution in [1.82, 2.24) is 0 Å². The highest BCUT2D eigenvalue weighted by atomic mass is 32.2. The summed E-state index contributed by atoms with van der Waals surface area (Å²) in [4.78, 5) is 0.303. The SMILES string of the molecule is C=C(C)/C=C/S(=O)(=O)c1ccccc1. The van der Waals surface area contributed by atoms with Gasteiger partial charge in [-0.1, -0.05) is 30.4 Å². The summed E-state index contributed by atoms with van der Waals surface area (Å²) in [6.45, 7) is 5.35. The van der Waals surface area contributed by atoms with Crippen LogP contribution in [-0.2, 0) is 9.84 Å². The van der Waals surface area contributed by atoms with Crippen molar-refractivity contribution in [3.63, 3.8) is 0 Å². The summed E-state index contributed by atoms with van der Waals surface area (Å²) < 4.78 is 23.2. The molecule has 0 aromatic heterocycles. The zero-order valence-electron chi connectivity index (χ0n) is 7.97. The summed E-state index contributed by atoms with van der Waals surface area (Å²) in [6.07, 6.45) is 1.49. The van der Waals surface area contributed by atoms with Crippen LogP contribution in [0.1, 0.15) is 6.92 Å². The molecule has 0 amide bonds. The molecule has 1 aromatic carbocycles. The Balaban J connectivity index is 3.05. The van der Waals surface area contributed by atoms with Gasteiger partial charge in [0.1, 0.15) is 0 Å². The largest absolute Gasteiger partial charge is 0.219 e. The summed E-state index contributed by atoms with van der Waals surface area (Å²) in [5.41, 5.74) is 0.713. The molecule has 0 N–H and O–H groups in total. The molecule has 0 saturated heterocycles. The lowest BCUT2D eigenvalue weighted by molar-refractivity contribution is 0.604. The van der Waals surface area contributed by atoms with E-state index in [1.807, 2.05) is 0 Å². The maximum absolute atomic E-state index is 11.6. The first-order chi connectivity index (χ1) is 6.52. The van der Waals surface area contributed by atoms with Crippen LogP contribution in [0.2, 0.25) is 0 Å². The summed E-state index contributed by atoms with van der Waals surface area (Å²) in [6, 6.07) is 8.31. The van der Waals surface area contributed by atoms with Gasteiger partial charge in [-0.25, -0.2) is 8.42 Å². The molecule has 0 spiro atoms. The van der Waals surface area contributed by atoms with Gasteiger partial charge in [0, 0.05) is 5.41 Å². The molecule has 0 atom stereocenters. The monoisotopic (exact) mass is 208 g/mol. The number of rotatable bonds is 3. The fourth-order valence-electron chi connectivity index (χ4n) is 0.894. The molecule has 1 aromatic rings. The number of allylic oxidation sites excluding steroid dienone is 2. The van der Waals surface area contributed by atoms with Crippen LogP contribution in [0.5, 0.6) is 0 Å². The third kappa shape index (κ3) is 2.85. The van der Waals surface area contributed by atoms with Gasteiger partial charge in [-0.15, -0.1) is 0 Å². The smallest absolute Gasteiger partial charge is 0.199 e. The van der Waals surface area contributed by atoms with E-state index in [-0.39, 0.29) is 0 Å². The molecule has 0 aliphatic rings. The first-order valence-electron chi connectivity index (χ1n) is 4.16. The summed E-state index contributed by atoms with van der Waals surface area (Å²) in [7, 11) is -3.30. The third-order valence-electron chi connectivity index (χ3n) is 1.60. The van der Waals surface area contributed by atoms with Crippen LogP contribution >= 0.6 is 0 Å². The Morgan fingerprint density at radius 3 is 2.36 bits per heavy atom. The van der Waals surface area contributed by atoms with Gasteiger partial charge < -0.3 is 0 Å². The highest BCUT2D eigenvalue weighted by molar-refractivity contribution is 7.94. The van der Waals surface area contributed by atoms with E-state index in [2.05, 4.69) is 6.58 Å². The second-order valence-corrected chi connectivity index (χ2v) is 4.84. The molecule has 0 unspecified atom stereocenters. The van der Waals surface area contributed by atoms with E-state index in [0.29, 0.717) is 10.5 Å². The minimum atomic E-state index is -3.30. The fraction of sp³-hybridized carbons (Fsp3) is 0.0909. The molecule has 14 heavy (non-hydrogen) atoms. The Morgan fingerprint density at radius 2 is 1.86 bits per heavy atom. The summed E-state index contributed by atoms with van der Waals surface area (Å²) >= 11 is 0. The Labute approximate surface area is 84.5 Å². The van der Waals surface area contributed by atoms with Crippen LogP contribution in [-0.4, -0.2) is 8.42 Å². The molecule has 1 rings (SSSR count). The maximum Gasteiger partial charge on any atom is 0.199 e. The topological polar surface area (TPSA) is 34.1 Å². The van der Waals surface area contributed by atoms with Gasteiger partial charge in [0.15, 0.2) is 9.84 Å². The molecule has 0 aliphatic heterocycles. The van der Waals surface area contributed by atoms with E-state index >= 15 is 0 Å². The van der Waals surface area contributed by atoms with E-state index in [4.69, 9.17) is 0 Å². The summed E-state index contributed by atoms with van der Waals surface area (Å²) in [5.74, 6) is 0. The molecule has 0 saturated carbocycles. The molecular weight excluding hydrogens is 196 g/mol. The Bertz CT molecular complexity index is 441. The van der Waals surface area contributed by atoms with Crippen molar-refractivity contribution in [1.29, 1.82) is 0 Å². The number of hydrogen-bond acceptors (Lipinski definition) is 2. The first kappa shape index (κ1) is 10.7. The van der Waals surface area contributed by atoms with Crippen molar-refractivity contribution in [2.24, 2.45) is 0 Å². The van der Waals surface area contributed by atoms with Gasteiger partial charge in [0.05, 0.1) is 4.90 Å². The van der Waals surface area contributed by atoms with Crippen molar-refractivity contribution in [2.75, 3.05) is 0 Å². The number of hydrogen-bond donors (Lipinski definition) is 0. The zero-order chi connectivity index (χ0) is 10.6. The van der Waals surface area contributed by atoms with Crippen molar-refractivity contribution in [3.05, 3.63) is 54.0 Å². The van der Waals surface area contributed by atoms with Gasteiger partial charge >= 0.3 is 0 Å². The average molecular weight is 208 g/mol. The van der Waals surface area contributed by atoms with Crippen molar-refractivity contribution >= 4 is 9.84 Å². The van der Waals surface area contributed by atoms with Crippen LogP contribution in [0.25, 0.3) is 0 Å². The van der Waals surface area contributed by atoms with Gasteiger partial charge in [0.2, 0.25) is 0 Å². The lowest BCUT2D eigenvalue weighted by atomic mass is 10.4. The lowest BCUT2D eigenvalue weighted by Crippen LogP contribution is -1.95. The molecule has 0 heterocycles. The number of benzene rings is 1. The van der Waals surface area contributed by atoms with Gasteiger partial charge in [-0.05, 0) is 25.1 Å². The van der Waals surface area contributed by atoms with Crippen molar-refractivity contribution in [3.8, 4) is 0 Å². The Hall–Kier alpha value is -1.35. The van der Waals surface area contributed by atoms with E-state index in [1.165, 1.54) is 11.5 Å². The van der Waals surface area contributed by atoms with Gasteiger partial charge in [-0.3, -0.25) is 0 Å².